The van der Waals surface area contributed by atoms with E-state index in [9.17, 15) is 9.59 Å². The zero-order valence-corrected chi connectivity index (χ0v) is 10.3. The minimum atomic E-state index is -0.916. The smallest absolute Gasteiger partial charge is 0.326 e. The lowest BCUT2D eigenvalue weighted by atomic mass is 10.1. The number of carbonyl (C=O) groups is 2. The monoisotopic (exact) mass is 240 g/mol. The Balaban J connectivity index is 1.93. The lowest BCUT2D eigenvalue weighted by Gasteiger charge is -2.24. The van der Waals surface area contributed by atoms with Crippen LogP contribution in [0.25, 0.3) is 0 Å². The molecule has 2 rings (SSSR count). The van der Waals surface area contributed by atoms with Crippen molar-refractivity contribution in [1.82, 2.24) is 10.2 Å². The van der Waals surface area contributed by atoms with Gasteiger partial charge in [0.25, 0.3) is 0 Å². The highest BCUT2D eigenvalue weighted by molar-refractivity contribution is 5.83. The van der Waals surface area contributed by atoms with Crippen molar-refractivity contribution < 1.29 is 14.7 Å². The topological polar surface area (TPSA) is 69.6 Å². The van der Waals surface area contributed by atoms with Crippen LogP contribution in [0.3, 0.4) is 0 Å². The summed E-state index contributed by atoms with van der Waals surface area (Å²) in [5.74, 6) is -0.285. The summed E-state index contributed by atoms with van der Waals surface area (Å²) in [5.41, 5.74) is 0. The standard InChI is InChI=1S/C12H20N2O3/c1-7-5-8(2)14(6-7)12(17)13-10(11(15)16)9-3-4-9/h7-10H,3-6H2,1-2H3,(H,13,17)(H,15,16). The molecule has 3 unspecified atom stereocenters. The molecule has 1 heterocycles. The third kappa shape index (κ3) is 2.70. The predicted octanol–water partition coefficient (Wildman–Crippen LogP) is 1.29. The highest BCUT2D eigenvalue weighted by atomic mass is 16.4. The van der Waals surface area contributed by atoms with Crippen LogP contribution in [0.4, 0.5) is 4.79 Å². The highest BCUT2D eigenvalue weighted by Crippen LogP contribution is 2.33. The van der Waals surface area contributed by atoms with Crippen LogP contribution in [0, 0.1) is 11.8 Å². The van der Waals surface area contributed by atoms with E-state index in [-0.39, 0.29) is 18.0 Å². The van der Waals surface area contributed by atoms with Crippen LogP contribution < -0.4 is 5.32 Å². The predicted molar refractivity (Wildman–Crippen MR) is 62.6 cm³/mol. The summed E-state index contributed by atoms with van der Waals surface area (Å²) in [5, 5.41) is 11.7. The molecule has 2 amide bonds. The summed E-state index contributed by atoms with van der Waals surface area (Å²) in [4.78, 5) is 24.8. The van der Waals surface area contributed by atoms with E-state index in [4.69, 9.17) is 5.11 Å². The minimum Gasteiger partial charge on any atom is -0.480 e. The van der Waals surface area contributed by atoms with Crippen LogP contribution in [-0.2, 0) is 4.79 Å². The van der Waals surface area contributed by atoms with Gasteiger partial charge in [-0.1, -0.05) is 6.92 Å². The lowest BCUT2D eigenvalue weighted by molar-refractivity contribution is -0.139. The first kappa shape index (κ1) is 12.2. The normalized spacial score (nSPS) is 30.1. The van der Waals surface area contributed by atoms with Gasteiger partial charge < -0.3 is 15.3 Å². The van der Waals surface area contributed by atoms with Gasteiger partial charge in [0.1, 0.15) is 6.04 Å². The van der Waals surface area contributed by atoms with Crippen molar-refractivity contribution in [3.63, 3.8) is 0 Å². The first-order valence-corrected chi connectivity index (χ1v) is 6.29. The van der Waals surface area contributed by atoms with Crippen molar-refractivity contribution in [2.45, 2.75) is 45.2 Å². The zero-order valence-electron chi connectivity index (χ0n) is 10.3. The molecule has 17 heavy (non-hydrogen) atoms. The van der Waals surface area contributed by atoms with Crippen molar-refractivity contribution in [2.24, 2.45) is 11.8 Å². The number of nitrogens with zero attached hydrogens (tertiary/aromatic N) is 1. The number of hydrogen-bond acceptors (Lipinski definition) is 2. The molecule has 2 fully saturated rings. The van der Waals surface area contributed by atoms with E-state index in [0.717, 1.165) is 25.8 Å². The van der Waals surface area contributed by atoms with Gasteiger partial charge in [0.2, 0.25) is 0 Å². The molecule has 5 nitrogen and oxygen atoms in total. The Morgan fingerprint density at radius 3 is 2.41 bits per heavy atom. The number of hydrogen-bond donors (Lipinski definition) is 2. The average Bonchev–Trinajstić information content (AvgIpc) is 3.00. The van der Waals surface area contributed by atoms with Crippen LogP contribution in [0.2, 0.25) is 0 Å². The number of amides is 2. The number of aliphatic carboxylic acids is 1. The van der Waals surface area contributed by atoms with E-state index in [0.29, 0.717) is 5.92 Å². The van der Waals surface area contributed by atoms with E-state index < -0.39 is 12.0 Å². The Bertz CT molecular complexity index is 328. The van der Waals surface area contributed by atoms with Gasteiger partial charge in [-0.05, 0) is 38.0 Å². The molecule has 3 atom stereocenters. The molecule has 0 radical (unpaired) electrons. The number of urea groups is 1. The number of carbonyl (C=O) groups excluding carboxylic acids is 1. The minimum absolute atomic E-state index is 0.131. The quantitative estimate of drug-likeness (QED) is 0.781. The number of rotatable bonds is 3. The average molecular weight is 240 g/mol. The second kappa shape index (κ2) is 4.55. The van der Waals surface area contributed by atoms with Crippen molar-refractivity contribution in [2.75, 3.05) is 6.54 Å². The number of likely N-dealkylation sites (tertiary alicyclic amines) is 1. The molecule has 2 N–H and O–H groups in total. The van der Waals surface area contributed by atoms with Crippen LogP contribution in [0.1, 0.15) is 33.1 Å². The van der Waals surface area contributed by atoms with Gasteiger partial charge in [0.05, 0.1) is 0 Å². The second-order valence-corrected chi connectivity index (χ2v) is 5.45. The number of nitrogens with one attached hydrogen (secondary N) is 1. The Labute approximate surface area is 101 Å². The van der Waals surface area contributed by atoms with E-state index >= 15 is 0 Å². The van der Waals surface area contributed by atoms with Crippen LogP contribution in [-0.4, -0.2) is 40.6 Å². The summed E-state index contributed by atoms with van der Waals surface area (Å²) >= 11 is 0. The van der Waals surface area contributed by atoms with Crippen molar-refractivity contribution in [1.29, 1.82) is 0 Å². The van der Waals surface area contributed by atoms with Crippen molar-refractivity contribution in [3.05, 3.63) is 0 Å². The molecule has 0 aromatic heterocycles. The maximum atomic E-state index is 12.0. The molecular formula is C12H20N2O3. The molecule has 1 aliphatic carbocycles. The molecule has 2 aliphatic rings. The van der Waals surface area contributed by atoms with Gasteiger partial charge in [-0.2, -0.15) is 0 Å². The maximum Gasteiger partial charge on any atom is 0.326 e. The maximum absolute atomic E-state index is 12.0. The summed E-state index contributed by atoms with van der Waals surface area (Å²) in [7, 11) is 0. The summed E-state index contributed by atoms with van der Waals surface area (Å²) < 4.78 is 0. The molecule has 1 aliphatic heterocycles. The van der Waals surface area contributed by atoms with Crippen molar-refractivity contribution in [3.8, 4) is 0 Å². The Morgan fingerprint density at radius 2 is 2.00 bits per heavy atom. The largest absolute Gasteiger partial charge is 0.480 e. The summed E-state index contributed by atoms with van der Waals surface area (Å²) in [6, 6.07) is -0.717. The van der Waals surface area contributed by atoms with E-state index in [2.05, 4.69) is 12.2 Å². The van der Waals surface area contributed by atoms with E-state index in [1.165, 1.54) is 0 Å². The summed E-state index contributed by atoms with van der Waals surface area (Å²) in [6.45, 7) is 4.85. The molecular weight excluding hydrogens is 220 g/mol. The highest BCUT2D eigenvalue weighted by Gasteiger charge is 2.39. The fraction of sp³-hybridized carbons (Fsp3) is 0.833. The Kier molecular flexibility index (Phi) is 3.26. The van der Waals surface area contributed by atoms with Crippen molar-refractivity contribution >= 4 is 12.0 Å². The van der Waals surface area contributed by atoms with Crippen LogP contribution >= 0.6 is 0 Å². The van der Waals surface area contributed by atoms with Gasteiger partial charge in [-0.15, -0.1) is 0 Å². The van der Waals surface area contributed by atoms with Gasteiger partial charge in [-0.3, -0.25) is 0 Å². The van der Waals surface area contributed by atoms with E-state index in [1.807, 2.05) is 6.92 Å². The molecule has 1 saturated carbocycles. The Hall–Kier alpha value is -1.26. The SMILES string of the molecule is CC1CC(C)N(C(=O)NC(C(=O)O)C2CC2)C1. The first-order valence-electron chi connectivity index (χ1n) is 6.29. The molecule has 0 bridgehead atoms. The Morgan fingerprint density at radius 1 is 1.35 bits per heavy atom. The molecule has 0 aromatic rings. The second-order valence-electron chi connectivity index (χ2n) is 5.45. The fourth-order valence-corrected chi connectivity index (χ4v) is 2.61. The van der Waals surface area contributed by atoms with Gasteiger partial charge in [-0.25, -0.2) is 9.59 Å². The number of carboxylic acid groups (broad SMARTS) is 1. The molecule has 0 spiro atoms. The molecule has 0 aromatic carbocycles. The van der Waals surface area contributed by atoms with Gasteiger partial charge >= 0.3 is 12.0 Å². The number of carboxylic acids is 1. The third-order valence-electron chi connectivity index (χ3n) is 3.68. The first-order chi connectivity index (χ1) is 7.99. The fourth-order valence-electron chi connectivity index (χ4n) is 2.61. The van der Waals surface area contributed by atoms with Crippen LogP contribution in [0.15, 0.2) is 0 Å². The van der Waals surface area contributed by atoms with Gasteiger partial charge in [0, 0.05) is 12.6 Å². The zero-order chi connectivity index (χ0) is 12.6. The lowest BCUT2D eigenvalue weighted by Crippen LogP contribution is -2.49. The van der Waals surface area contributed by atoms with Crippen LogP contribution in [0.5, 0.6) is 0 Å². The summed E-state index contributed by atoms with van der Waals surface area (Å²) in [6.07, 6.45) is 2.81. The molecule has 5 heteroatoms. The van der Waals surface area contributed by atoms with E-state index in [1.54, 1.807) is 4.90 Å². The third-order valence-corrected chi connectivity index (χ3v) is 3.68. The van der Waals surface area contributed by atoms with Gasteiger partial charge in [0.15, 0.2) is 0 Å². The molecule has 1 saturated heterocycles. The molecule has 96 valence electrons.